The second-order valence-electron chi connectivity index (χ2n) is 17.4. The Bertz CT molecular complexity index is 2940. The van der Waals surface area contributed by atoms with Crippen molar-refractivity contribution < 1.29 is 28.7 Å². The molecule has 360 valence electrons. The molecule has 2 N–H and O–H groups in total. The highest BCUT2D eigenvalue weighted by Crippen LogP contribution is 2.44. The van der Waals surface area contributed by atoms with Crippen molar-refractivity contribution in [3.8, 4) is 0 Å². The van der Waals surface area contributed by atoms with Crippen molar-refractivity contribution in [2.24, 2.45) is 12.2 Å². The number of anilines is 1. The molecule has 0 aliphatic carbocycles. The molecule has 2 aliphatic rings. The monoisotopic (exact) mass is 1020 g/mol. The van der Waals surface area contributed by atoms with E-state index in [1.165, 1.54) is 23.5 Å². The van der Waals surface area contributed by atoms with Gasteiger partial charge < -0.3 is 24.2 Å². The molecular formula is C53H48N8O6S4. The Hall–Kier alpha value is -7.12. The standard InChI is InChI=1S/C53H48N8O6S4/c1-52(2,3)66-51(64)57-49-55-40(32-70-49)41(59-67-53(37-24-14-7-15-25-37,38-26-16-8-17-27-38)39-28-18-9-19-29-39)45(62)56-42-46(63)61-43(36(30-69-47(42)61)31-71-50-58-54-33-60(50)4)48(68)65-44(34-20-10-5-11-21-34)35-22-12-6-13-23-35/h5-29,32-33,42,44,47H,30-31H2,1-4H3,(H,56,62)(H,55,57,64)/b59-41-/t42-,47-/m1/s1. The maximum atomic E-state index is 15.0. The third-order valence-electron chi connectivity index (χ3n) is 11.4. The topological polar surface area (TPSA) is 162 Å². The van der Waals surface area contributed by atoms with Crippen molar-refractivity contribution in [1.29, 1.82) is 0 Å². The first-order chi connectivity index (χ1) is 34.4. The number of aryl methyl sites for hydroxylation is 1. The fraction of sp³-hybridized carbons (Fsp3) is 0.208. The Kier molecular flexibility index (Phi) is 14.8. The lowest BCUT2D eigenvalue weighted by molar-refractivity contribution is -0.144. The molecule has 5 aromatic carbocycles. The van der Waals surface area contributed by atoms with Crippen molar-refractivity contribution in [1.82, 2.24) is 30.0 Å². The number of nitrogens with zero attached hydrogens (tertiary/aromatic N) is 6. The number of amides is 3. The number of carbonyl (C=O) groups is 3. The zero-order chi connectivity index (χ0) is 49.5. The SMILES string of the molecule is Cn1cnnc1SCC1=C(C(=S)OC(c2ccccc2)c2ccccc2)N2C(=O)[C@@H](NC(=O)/C(=N\OC(c3ccccc3)(c3ccccc3)c3ccccc3)c3csc(NC(=O)OC(C)(C)C)n3)[C@H]2SC1. The van der Waals surface area contributed by atoms with E-state index in [0.29, 0.717) is 22.4 Å². The number of rotatable bonds is 16. The highest BCUT2D eigenvalue weighted by molar-refractivity contribution is 8.01. The number of thioether (sulfide) groups is 2. The molecule has 2 aromatic heterocycles. The molecule has 9 rings (SSSR count). The number of oxime groups is 1. The van der Waals surface area contributed by atoms with Crippen molar-refractivity contribution in [3.05, 3.63) is 208 Å². The number of thiazole rings is 1. The number of fused-ring (bicyclic) bond motifs is 1. The zero-order valence-corrected chi connectivity index (χ0v) is 42.3. The first kappa shape index (κ1) is 48.9. The third-order valence-corrected chi connectivity index (χ3v) is 14.9. The van der Waals surface area contributed by atoms with E-state index in [2.05, 4.69) is 25.8 Å². The molecule has 0 bridgehead atoms. The molecule has 0 radical (unpaired) electrons. The van der Waals surface area contributed by atoms with Gasteiger partial charge in [0.15, 0.2) is 16.0 Å². The summed E-state index contributed by atoms with van der Waals surface area (Å²) in [5, 5.41) is 20.6. The molecule has 7 aromatic rings. The van der Waals surface area contributed by atoms with Crippen LogP contribution in [0.4, 0.5) is 9.93 Å². The minimum atomic E-state index is -1.36. The number of carbonyl (C=O) groups excluding carboxylic acids is 3. The number of benzene rings is 5. The van der Waals surface area contributed by atoms with Crippen LogP contribution in [0.3, 0.4) is 0 Å². The molecule has 0 saturated carbocycles. The number of aromatic nitrogens is 4. The Morgan fingerprint density at radius 1 is 0.845 bits per heavy atom. The number of hydrogen-bond donors (Lipinski definition) is 2. The van der Waals surface area contributed by atoms with Crippen LogP contribution in [0.5, 0.6) is 0 Å². The zero-order valence-electron chi connectivity index (χ0n) is 39.0. The Labute approximate surface area is 428 Å². The maximum Gasteiger partial charge on any atom is 0.413 e. The van der Waals surface area contributed by atoms with Crippen LogP contribution in [0, 0.1) is 0 Å². The fourth-order valence-electron chi connectivity index (χ4n) is 8.12. The molecule has 2 aliphatic heterocycles. The van der Waals surface area contributed by atoms with E-state index in [-0.39, 0.29) is 21.6 Å². The second kappa shape index (κ2) is 21.5. The van der Waals surface area contributed by atoms with Gasteiger partial charge in [-0.2, -0.15) is 0 Å². The summed E-state index contributed by atoms with van der Waals surface area (Å²) in [4.78, 5) is 55.7. The maximum absolute atomic E-state index is 15.0. The summed E-state index contributed by atoms with van der Waals surface area (Å²) < 4.78 is 14.1. The molecule has 0 spiro atoms. The van der Waals surface area contributed by atoms with Crippen LogP contribution >= 0.6 is 47.1 Å². The number of β-lactam (4-membered cyclic amide) rings is 1. The van der Waals surface area contributed by atoms with Crippen molar-refractivity contribution in [2.75, 3.05) is 16.8 Å². The van der Waals surface area contributed by atoms with Gasteiger partial charge in [-0.1, -0.05) is 169 Å². The van der Waals surface area contributed by atoms with Crippen LogP contribution < -0.4 is 10.6 Å². The van der Waals surface area contributed by atoms with Crippen molar-refractivity contribution in [3.63, 3.8) is 0 Å². The summed E-state index contributed by atoms with van der Waals surface area (Å²) in [6.45, 7) is 5.26. The molecule has 18 heteroatoms. The Morgan fingerprint density at radius 3 is 1.92 bits per heavy atom. The lowest BCUT2D eigenvalue weighted by atomic mass is 9.80. The highest BCUT2D eigenvalue weighted by Gasteiger charge is 2.54. The molecule has 2 atom stereocenters. The lowest BCUT2D eigenvalue weighted by Crippen LogP contribution is -2.71. The van der Waals surface area contributed by atoms with Gasteiger partial charge in [0.05, 0.1) is 5.70 Å². The smallest absolute Gasteiger partial charge is 0.413 e. The molecule has 3 amide bonds. The number of hydrogen-bond acceptors (Lipinski definition) is 14. The molecule has 4 heterocycles. The minimum absolute atomic E-state index is 0.0904. The van der Waals surface area contributed by atoms with E-state index in [0.717, 1.165) is 44.7 Å². The van der Waals surface area contributed by atoms with Gasteiger partial charge in [-0.15, -0.1) is 33.3 Å². The lowest BCUT2D eigenvalue weighted by Gasteiger charge is -2.50. The minimum Gasteiger partial charge on any atom is -0.469 e. The van der Waals surface area contributed by atoms with Crippen molar-refractivity contribution in [2.45, 2.75) is 54.6 Å². The largest absolute Gasteiger partial charge is 0.469 e. The summed E-state index contributed by atoms with van der Waals surface area (Å²) in [6.07, 6.45) is 0.332. The van der Waals surface area contributed by atoms with Crippen LogP contribution in [-0.2, 0) is 36.5 Å². The molecule has 1 saturated heterocycles. The fourth-order valence-corrected chi connectivity index (χ4v) is 11.5. The van der Waals surface area contributed by atoms with Gasteiger partial charge in [0.25, 0.3) is 11.8 Å². The van der Waals surface area contributed by atoms with Crippen LogP contribution in [0.15, 0.2) is 185 Å². The highest BCUT2D eigenvalue weighted by atomic mass is 32.2. The predicted octanol–water partition coefficient (Wildman–Crippen LogP) is 9.91. The summed E-state index contributed by atoms with van der Waals surface area (Å²) in [7, 11) is 1.87. The van der Waals surface area contributed by atoms with Crippen LogP contribution in [0.2, 0.25) is 0 Å². The van der Waals surface area contributed by atoms with Gasteiger partial charge in [0, 0.05) is 40.6 Å². The van der Waals surface area contributed by atoms with Gasteiger partial charge in [0.1, 0.15) is 35.1 Å². The van der Waals surface area contributed by atoms with Gasteiger partial charge in [-0.25, -0.2) is 9.78 Å². The molecule has 71 heavy (non-hydrogen) atoms. The summed E-state index contributed by atoms with van der Waals surface area (Å²) in [5.41, 5.74) is 3.04. The van der Waals surface area contributed by atoms with E-state index >= 15 is 0 Å². The average Bonchev–Trinajstić information content (AvgIpc) is 4.03. The van der Waals surface area contributed by atoms with E-state index in [4.69, 9.17) is 31.7 Å². The number of ether oxygens (including phenoxy) is 2. The van der Waals surface area contributed by atoms with Gasteiger partial charge in [0.2, 0.25) is 10.7 Å². The van der Waals surface area contributed by atoms with Crippen LogP contribution in [0.25, 0.3) is 0 Å². The van der Waals surface area contributed by atoms with E-state index < -0.39 is 46.6 Å². The van der Waals surface area contributed by atoms with E-state index in [1.807, 2.05) is 163 Å². The number of nitrogens with one attached hydrogen (secondary N) is 2. The summed E-state index contributed by atoms with van der Waals surface area (Å²) in [5.74, 6) is -0.222. The first-order valence-corrected chi connectivity index (χ1v) is 25.9. The summed E-state index contributed by atoms with van der Waals surface area (Å²) >= 11 is 10.2. The summed E-state index contributed by atoms with van der Waals surface area (Å²) in [6, 6.07) is 47.3. The van der Waals surface area contributed by atoms with E-state index in [9.17, 15) is 14.4 Å². The second-order valence-corrected chi connectivity index (χ2v) is 20.7. The van der Waals surface area contributed by atoms with Crippen LogP contribution in [0.1, 0.15) is 60.4 Å². The molecule has 1 fully saturated rings. The molecule has 14 nitrogen and oxygen atoms in total. The molecular weight excluding hydrogens is 973 g/mol. The van der Waals surface area contributed by atoms with Gasteiger partial charge >= 0.3 is 6.09 Å². The third kappa shape index (κ3) is 10.8. The molecule has 0 unspecified atom stereocenters. The Morgan fingerprint density at radius 2 is 1.39 bits per heavy atom. The van der Waals surface area contributed by atoms with Crippen LogP contribution in [-0.4, -0.2) is 81.8 Å². The first-order valence-electron chi connectivity index (χ1n) is 22.5. The Balaban J connectivity index is 1.06. The number of thiocarbonyl (C=S) groups is 1. The quantitative estimate of drug-likeness (QED) is 0.0236. The normalized spacial score (nSPS) is 15.9. The average molecular weight is 1020 g/mol. The van der Waals surface area contributed by atoms with Gasteiger partial charge in [-0.3, -0.25) is 19.8 Å². The predicted molar refractivity (Wildman–Crippen MR) is 281 cm³/mol. The van der Waals surface area contributed by atoms with Crippen molar-refractivity contribution >= 4 is 80.9 Å². The van der Waals surface area contributed by atoms with Gasteiger partial charge in [-0.05, 0) is 49.7 Å². The van der Waals surface area contributed by atoms with E-state index in [1.54, 1.807) is 37.4 Å².